The fraction of sp³-hybridized carbons (Fsp3) is 0.526. The Morgan fingerprint density at radius 1 is 1.17 bits per heavy atom. The van der Waals surface area contributed by atoms with Gasteiger partial charge in [0.15, 0.2) is 0 Å². The molecule has 24 heavy (non-hydrogen) atoms. The van der Waals surface area contributed by atoms with Gasteiger partial charge in [-0.15, -0.1) is 0 Å². The third-order valence-corrected chi connectivity index (χ3v) is 6.08. The second-order valence-electron chi connectivity index (χ2n) is 7.39. The van der Waals surface area contributed by atoms with Crippen LogP contribution >= 0.6 is 0 Å². The quantitative estimate of drug-likeness (QED) is 0.882. The molecule has 4 aliphatic heterocycles. The zero-order valence-corrected chi connectivity index (χ0v) is 13.9. The largest absolute Gasteiger partial charge is 0.348 e. The number of para-hydroxylation sites is 1. The third kappa shape index (κ3) is 2.19. The number of benzene rings is 1. The van der Waals surface area contributed by atoms with E-state index in [1.165, 1.54) is 31.4 Å². The smallest absolute Gasteiger partial charge is 0.254 e. The van der Waals surface area contributed by atoms with Crippen LogP contribution in [0.25, 0.3) is 10.9 Å². The first-order chi connectivity index (χ1) is 11.8. The maximum Gasteiger partial charge on any atom is 0.254 e. The second-order valence-corrected chi connectivity index (χ2v) is 7.39. The summed E-state index contributed by atoms with van der Waals surface area (Å²) in [6.07, 6.45) is 2.45. The summed E-state index contributed by atoms with van der Waals surface area (Å²) in [5.74, 6) is 0.768. The first-order valence-corrected chi connectivity index (χ1v) is 9.15. The van der Waals surface area contributed by atoms with E-state index in [0.29, 0.717) is 12.0 Å². The van der Waals surface area contributed by atoms with Crippen LogP contribution in [0.2, 0.25) is 0 Å². The van der Waals surface area contributed by atoms with Crippen LogP contribution in [0.4, 0.5) is 0 Å². The minimum absolute atomic E-state index is 0.113. The van der Waals surface area contributed by atoms with Crippen LogP contribution < -0.4 is 10.6 Å². The highest BCUT2D eigenvalue weighted by molar-refractivity contribution is 6.08. The van der Waals surface area contributed by atoms with Gasteiger partial charge < -0.3 is 20.1 Å². The number of amides is 1. The Bertz CT molecular complexity index is 788. The number of piperidine rings is 3. The van der Waals surface area contributed by atoms with Crippen molar-refractivity contribution in [2.24, 2.45) is 5.92 Å². The average molecular weight is 324 g/mol. The Balaban J connectivity index is 1.51. The van der Waals surface area contributed by atoms with Gasteiger partial charge in [0, 0.05) is 48.8 Å². The first kappa shape index (κ1) is 14.5. The predicted octanol–water partition coefficient (Wildman–Crippen LogP) is 1.57. The number of carbonyl (C=O) groups is 1. The van der Waals surface area contributed by atoms with E-state index < -0.39 is 0 Å². The lowest BCUT2D eigenvalue weighted by Crippen LogP contribution is -2.57. The summed E-state index contributed by atoms with van der Waals surface area (Å²) >= 11 is 0. The topological polar surface area (TPSA) is 49.3 Å². The Hall–Kier alpha value is -1.85. The molecule has 2 bridgehead atoms. The van der Waals surface area contributed by atoms with Crippen molar-refractivity contribution in [2.45, 2.75) is 32.0 Å². The third-order valence-electron chi connectivity index (χ3n) is 6.08. The summed E-state index contributed by atoms with van der Waals surface area (Å²) in [5, 5.41) is 7.88. The molecule has 0 radical (unpaired) electrons. The number of nitrogens with one attached hydrogen (secondary N) is 2. The summed E-state index contributed by atoms with van der Waals surface area (Å²) in [4.78, 5) is 15.7. The van der Waals surface area contributed by atoms with E-state index in [9.17, 15) is 4.79 Å². The highest BCUT2D eigenvalue weighted by Crippen LogP contribution is 2.30. The van der Waals surface area contributed by atoms with Crippen LogP contribution in [0.3, 0.4) is 0 Å². The lowest BCUT2D eigenvalue weighted by atomic mass is 9.84. The molecule has 1 aromatic heterocycles. The number of rotatable bonds is 2. The molecule has 5 heterocycles. The van der Waals surface area contributed by atoms with Crippen LogP contribution in [-0.4, -0.2) is 47.6 Å². The summed E-state index contributed by atoms with van der Waals surface area (Å²) in [7, 11) is 0. The fourth-order valence-electron chi connectivity index (χ4n) is 4.82. The Labute approximate surface area is 142 Å². The normalized spacial score (nSPS) is 28.8. The number of nitrogens with zero attached hydrogens (tertiary/aromatic N) is 2. The fourth-order valence-corrected chi connectivity index (χ4v) is 4.82. The number of aromatic nitrogens is 1. The van der Waals surface area contributed by atoms with Gasteiger partial charge in [0.05, 0.1) is 5.56 Å². The van der Waals surface area contributed by atoms with Crippen molar-refractivity contribution < 1.29 is 4.79 Å². The SMILES string of the molecule is O=C(N[C@H]1CN2CCC1CC2)c1c2n(c3ccccc13)CCNC2. The molecule has 6 rings (SSSR count). The van der Waals surface area contributed by atoms with Gasteiger partial charge in [-0.3, -0.25) is 4.79 Å². The van der Waals surface area contributed by atoms with Crippen molar-refractivity contribution in [1.82, 2.24) is 20.1 Å². The lowest BCUT2D eigenvalue weighted by Gasteiger charge is -2.44. The average Bonchev–Trinajstić information content (AvgIpc) is 2.97. The van der Waals surface area contributed by atoms with Gasteiger partial charge >= 0.3 is 0 Å². The molecule has 1 aromatic carbocycles. The van der Waals surface area contributed by atoms with Gasteiger partial charge in [-0.25, -0.2) is 0 Å². The van der Waals surface area contributed by atoms with Crippen molar-refractivity contribution in [2.75, 3.05) is 26.2 Å². The van der Waals surface area contributed by atoms with Gasteiger partial charge in [0.1, 0.15) is 0 Å². The second kappa shape index (κ2) is 5.60. The van der Waals surface area contributed by atoms with Crippen molar-refractivity contribution in [1.29, 1.82) is 0 Å². The minimum atomic E-state index is 0.113. The highest BCUT2D eigenvalue weighted by atomic mass is 16.1. The lowest BCUT2D eigenvalue weighted by molar-refractivity contribution is 0.0620. The molecule has 0 unspecified atom stereocenters. The zero-order chi connectivity index (χ0) is 16.1. The zero-order valence-electron chi connectivity index (χ0n) is 13.9. The van der Waals surface area contributed by atoms with Crippen LogP contribution in [0.5, 0.6) is 0 Å². The summed E-state index contributed by atoms with van der Waals surface area (Å²) in [5.41, 5.74) is 3.21. The van der Waals surface area contributed by atoms with Crippen molar-refractivity contribution >= 4 is 16.8 Å². The maximum absolute atomic E-state index is 13.2. The van der Waals surface area contributed by atoms with Crippen LogP contribution in [0, 0.1) is 5.92 Å². The van der Waals surface area contributed by atoms with Gasteiger partial charge in [-0.1, -0.05) is 18.2 Å². The van der Waals surface area contributed by atoms with Crippen molar-refractivity contribution in [3.8, 4) is 0 Å². The monoisotopic (exact) mass is 324 g/mol. The highest BCUT2D eigenvalue weighted by Gasteiger charge is 2.36. The minimum Gasteiger partial charge on any atom is -0.348 e. The van der Waals surface area contributed by atoms with E-state index in [-0.39, 0.29) is 5.91 Å². The molecule has 0 aliphatic carbocycles. The molecule has 3 saturated heterocycles. The molecule has 2 N–H and O–H groups in total. The molecule has 3 fully saturated rings. The van der Waals surface area contributed by atoms with Gasteiger partial charge in [-0.05, 0) is 37.9 Å². The van der Waals surface area contributed by atoms with Crippen LogP contribution in [0.1, 0.15) is 28.9 Å². The van der Waals surface area contributed by atoms with E-state index in [1.807, 2.05) is 6.07 Å². The number of hydrogen-bond acceptors (Lipinski definition) is 3. The standard InChI is InChI=1S/C19H24N4O/c24-19(21-15-12-22-8-5-13(15)6-9-22)18-14-3-1-2-4-16(14)23-10-7-20-11-17(18)23/h1-4,13,15,20H,5-12H2,(H,21,24)/t15-/m0/s1. The van der Waals surface area contributed by atoms with Gasteiger partial charge in [0.2, 0.25) is 0 Å². The van der Waals surface area contributed by atoms with Crippen molar-refractivity contribution in [3.63, 3.8) is 0 Å². The number of hydrogen-bond donors (Lipinski definition) is 2. The predicted molar refractivity (Wildman–Crippen MR) is 94.1 cm³/mol. The van der Waals surface area contributed by atoms with Gasteiger partial charge in [0.25, 0.3) is 5.91 Å². The molecule has 0 saturated carbocycles. The summed E-state index contributed by atoms with van der Waals surface area (Å²) < 4.78 is 2.32. The van der Waals surface area contributed by atoms with E-state index in [2.05, 4.69) is 38.3 Å². The Morgan fingerprint density at radius 2 is 2.00 bits per heavy atom. The molecule has 0 spiro atoms. The van der Waals surface area contributed by atoms with E-state index in [1.54, 1.807) is 0 Å². The molecular weight excluding hydrogens is 300 g/mol. The van der Waals surface area contributed by atoms with Crippen LogP contribution in [0.15, 0.2) is 24.3 Å². The molecule has 4 aliphatic rings. The number of fused-ring (bicyclic) bond motifs is 6. The molecule has 126 valence electrons. The van der Waals surface area contributed by atoms with E-state index in [0.717, 1.165) is 42.8 Å². The molecular formula is C19H24N4O. The molecule has 5 heteroatoms. The molecule has 1 amide bonds. The first-order valence-electron chi connectivity index (χ1n) is 9.15. The summed E-state index contributed by atoms with van der Waals surface area (Å²) in [6, 6.07) is 8.63. The molecule has 5 nitrogen and oxygen atoms in total. The Kier molecular flexibility index (Phi) is 3.38. The van der Waals surface area contributed by atoms with Crippen LogP contribution in [-0.2, 0) is 13.1 Å². The van der Waals surface area contributed by atoms with E-state index in [4.69, 9.17) is 0 Å². The molecule has 2 aromatic rings. The van der Waals surface area contributed by atoms with Gasteiger partial charge in [-0.2, -0.15) is 0 Å². The summed E-state index contributed by atoms with van der Waals surface area (Å²) in [6.45, 7) is 6.09. The number of carbonyl (C=O) groups excluding carboxylic acids is 1. The van der Waals surface area contributed by atoms with Crippen molar-refractivity contribution in [3.05, 3.63) is 35.5 Å². The Morgan fingerprint density at radius 3 is 2.79 bits per heavy atom. The maximum atomic E-state index is 13.2. The molecule has 1 atom stereocenters. The van der Waals surface area contributed by atoms with E-state index >= 15 is 0 Å².